The standard InChI is InChI=1S/C30H33FN2O6/c1-17(30(36)37)29(35)20-4-3-18-6-8-26(39-27(18)12-20)19-5-7-23(24-13-28(34)32-14-25(24)31)21(11-19)15-33(2)22-9-10-38-16-22/h3-5,7,11-14,17,22,26,29,35H,6,8-10,15-16H2,1-2H3,(H,32,34)(H,36,37)/t17-,22?,26?,29+/m0/s1. The number of aliphatic hydroxyl groups excluding tert-OH is 1. The zero-order valence-electron chi connectivity index (χ0n) is 22.0. The number of aliphatic carboxylic acids is 1. The van der Waals surface area contributed by atoms with Gasteiger partial charge >= 0.3 is 5.97 Å². The van der Waals surface area contributed by atoms with Gasteiger partial charge in [-0.15, -0.1) is 0 Å². The summed E-state index contributed by atoms with van der Waals surface area (Å²) in [6.07, 6.45) is 2.06. The highest BCUT2D eigenvalue weighted by atomic mass is 19.1. The van der Waals surface area contributed by atoms with E-state index in [9.17, 15) is 24.2 Å². The Hall–Kier alpha value is -3.53. The van der Waals surface area contributed by atoms with E-state index in [1.807, 2.05) is 31.3 Å². The molecule has 3 N–H and O–H groups in total. The minimum absolute atomic E-state index is 0.248. The Morgan fingerprint density at radius 2 is 2.00 bits per heavy atom. The highest BCUT2D eigenvalue weighted by Crippen LogP contribution is 2.39. The second-order valence-electron chi connectivity index (χ2n) is 10.5. The largest absolute Gasteiger partial charge is 0.485 e. The molecule has 1 saturated heterocycles. The summed E-state index contributed by atoms with van der Waals surface area (Å²) < 4.78 is 26.7. The highest BCUT2D eigenvalue weighted by molar-refractivity contribution is 5.70. The number of nitrogens with zero attached hydrogens (tertiary/aromatic N) is 1. The summed E-state index contributed by atoms with van der Waals surface area (Å²) in [6, 6.07) is 12.6. The van der Waals surface area contributed by atoms with Crippen molar-refractivity contribution >= 4 is 5.97 Å². The maximum atomic E-state index is 14.8. The molecule has 2 unspecified atom stereocenters. The van der Waals surface area contributed by atoms with Crippen LogP contribution in [-0.4, -0.2) is 52.4 Å². The summed E-state index contributed by atoms with van der Waals surface area (Å²) in [5.41, 5.74) is 3.81. The number of aromatic amines is 1. The van der Waals surface area contributed by atoms with Gasteiger partial charge in [0.1, 0.15) is 17.7 Å². The molecule has 3 aromatic rings. The van der Waals surface area contributed by atoms with Crippen molar-refractivity contribution in [1.29, 1.82) is 0 Å². The summed E-state index contributed by atoms with van der Waals surface area (Å²) in [5, 5.41) is 19.8. The van der Waals surface area contributed by atoms with E-state index in [1.54, 1.807) is 12.1 Å². The summed E-state index contributed by atoms with van der Waals surface area (Å²) in [5.74, 6) is -1.91. The average molecular weight is 537 g/mol. The van der Waals surface area contributed by atoms with Crippen LogP contribution in [0.2, 0.25) is 0 Å². The average Bonchev–Trinajstić information content (AvgIpc) is 3.48. The third-order valence-corrected chi connectivity index (χ3v) is 7.85. The normalized spacial score (nSPS) is 20.3. The van der Waals surface area contributed by atoms with Gasteiger partial charge in [0.05, 0.1) is 18.6 Å². The van der Waals surface area contributed by atoms with Crippen molar-refractivity contribution in [2.75, 3.05) is 20.3 Å². The number of fused-ring (bicyclic) bond motifs is 1. The van der Waals surface area contributed by atoms with E-state index in [-0.39, 0.29) is 23.3 Å². The van der Waals surface area contributed by atoms with Crippen molar-refractivity contribution in [3.05, 3.63) is 87.1 Å². The first-order valence-corrected chi connectivity index (χ1v) is 13.2. The molecule has 0 radical (unpaired) electrons. The molecule has 206 valence electrons. The third-order valence-electron chi connectivity index (χ3n) is 7.85. The van der Waals surface area contributed by atoms with Crippen LogP contribution >= 0.6 is 0 Å². The zero-order chi connectivity index (χ0) is 27.7. The van der Waals surface area contributed by atoms with E-state index in [0.29, 0.717) is 36.6 Å². The number of carbonyl (C=O) groups is 1. The molecule has 3 heterocycles. The van der Waals surface area contributed by atoms with Gasteiger partial charge in [0.15, 0.2) is 0 Å². The van der Waals surface area contributed by atoms with Crippen LogP contribution in [-0.2, 0) is 22.5 Å². The first kappa shape index (κ1) is 27.1. The Morgan fingerprint density at radius 3 is 2.74 bits per heavy atom. The molecule has 0 amide bonds. The molecular formula is C30H33FN2O6. The molecule has 39 heavy (non-hydrogen) atoms. The quantitative estimate of drug-likeness (QED) is 0.395. The van der Waals surface area contributed by atoms with Crippen molar-refractivity contribution in [1.82, 2.24) is 9.88 Å². The number of benzene rings is 2. The van der Waals surface area contributed by atoms with Crippen LogP contribution in [0.15, 0.2) is 53.5 Å². The molecule has 8 nitrogen and oxygen atoms in total. The Balaban J connectivity index is 1.46. The predicted octanol–water partition coefficient (Wildman–Crippen LogP) is 4.22. The van der Waals surface area contributed by atoms with Gasteiger partial charge in [-0.2, -0.15) is 0 Å². The first-order chi connectivity index (χ1) is 18.7. The van der Waals surface area contributed by atoms with E-state index in [4.69, 9.17) is 9.47 Å². The van der Waals surface area contributed by atoms with Crippen molar-refractivity contribution in [2.45, 2.75) is 51.0 Å². The number of aryl methyl sites for hydroxylation is 1. The fourth-order valence-electron chi connectivity index (χ4n) is 5.36. The topological polar surface area (TPSA) is 112 Å². The molecule has 4 atom stereocenters. The van der Waals surface area contributed by atoms with Gasteiger partial charge in [-0.1, -0.05) is 30.3 Å². The number of pyridine rings is 1. The molecule has 0 bridgehead atoms. The second-order valence-corrected chi connectivity index (χ2v) is 10.5. The lowest BCUT2D eigenvalue weighted by atomic mass is 9.91. The highest BCUT2D eigenvalue weighted by Gasteiger charge is 2.28. The number of aliphatic hydroxyl groups is 1. The lowest BCUT2D eigenvalue weighted by molar-refractivity contribution is -0.145. The maximum Gasteiger partial charge on any atom is 0.309 e. The molecule has 2 aromatic carbocycles. The number of carboxylic acid groups (broad SMARTS) is 1. The number of halogens is 1. The van der Waals surface area contributed by atoms with E-state index in [2.05, 4.69) is 9.88 Å². The molecule has 0 saturated carbocycles. The number of carboxylic acids is 1. The third kappa shape index (κ3) is 5.75. The summed E-state index contributed by atoms with van der Waals surface area (Å²) >= 11 is 0. The van der Waals surface area contributed by atoms with Crippen molar-refractivity contribution < 1.29 is 28.9 Å². The number of ether oxygens (including phenoxy) is 2. The number of aromatic nitrogens is 1. The van der Waals surface area contributed by atoms with Crippen LogP contribution < -0.4 is 10.3 Å². The predicted molar refractivity (Wildman–Crippen MR) is 143 cm³/mol. The van der Waals surface area contributed by atoms with Crippen molar-refractivity contribution in [3.63, 3.8) is 0 Å². The monoisotopic (exact) mass is 536 g/mol. The Labute approximate surface area is 226 Å². The SMILES string of the molecule is C[C@H](C(=O)O)[C@@H](O)c1ccc2c(c1)OC(c1ccc(-c3cc(=O)[nH]cc3F)c(CN(C)C3CCOC3)c1)CC2. The minimum atomic E-state index is -1.15. The van der Waals surface area contributed by atoms with E-state index >= 15 is 0 Å². The molecule has 2 aliphatic rings. The smallest absolute Gasteiger partial charge is 0.309 e. The van der Waals surface area contributed by atoms with Gasteiger partial charge in [0.25, 0.3) is 0 Å². The zero-order valence-corrected chi connectivity index (χ0v) is 22.0. The second kappa shape index (κ2) is 11.3. The number of likely N-dealkylation sites (N-methyl/N-ethyl adjacent to an activating group) is 1. The number of hydrogen-bond acceptors (Lipinski definition) is 6. The minimum Gasteiger partial charge on any atom is -0.485 e. The number of hydrogen-bond donors (Lipinski definition) is 3. The molecule has 0 aliphatic carbocycles. The lowest BCUT2D eigenvalue weighted by Crippen LogP contribution is -2.31. The number of rotatable bonds is 8. The van der Waals surface area contributed by atoms with Gasteiger partial charge in [-0.3, -0.25) is 14.5 Å². The number of H-pyrrole nitrogens is 1. The molecule has 2 aliphatic heterocycles. The van der Waals surface area contributed by atoms with E-state index in [1.165, 1.54) is 13.0 Å². The van der Waals surface area contributed by atoms with Crippen LogP contribution in [0.5, 0.6) is 5.75 Å². The van der Waals surface area contributed by atoms with Gasteiger partial charge in [0, 0.05) is 37.0 Å². The maximum absolute atomic E-state index is 14.8. The molecule has 0 spiro atoms. The Morgan fingerprint density at radius 1 is 1.18 bits per heavy atom. The van der Waals surface area contributed by atoms with Gasteiger partial charge in [-0.25, -0.2) is 4.39 Å². The van der Waals surface area contributed by atoms with Crippen LogP contribution in [0.3, 0.4) is 0 Å². The van der Waals surface area contributed by atoms with Gasteiger partial charge in [-0.05, 0) is 67.1 Å². The van der Waals surface area contributed by atoms with Gasteiger partial charge in [0.2, 0.25) is 5.56 Å². The van der Waals surface area contributed by atoms with Crippen LogP contribution in [0.4, 0.5) is 4.39 Å². The summed E-state index contributed by atoms with van der Waals surface area (Å²) in [7, 11) is 2.02. The summed E-state index contributed by atoms with van der Waals surface area (Å²) in [6.45, 7) is 3.36. The van der Waals surface area contributed by atoms with Crippen LogP contribution in [0, 0.1) is 11.7 Å². The first-order valence-electron chi connectivity index (χ1n) is 13.2. The van der Waals surface area contributed by atoms with Gasteiger partial charge < -0.3 is 24.7 Å². The molecular weight excluding hydrogens is 503 g/mol. The molecule has 9 heteroatoms. The summed E-state index contributed by atoms with van der Waals surface area (Å²) in [4.78, 5) is 28.0. The lowest BCUT2D eigenvalue weighted by Gasteiger charge is -2.29. The van der Waals surface area contributed by atoms with Crippen molar-refractivity contribution in [2.24, 2.45) is 5.92 Å². The van der Waals surface area contributed by atoms with Crippen LogP contribution in [0.1, 0.15) is 54.2 Å². The van der Waals surface area contributed by atoms with Crippen LogP contribution in [0.25, 0.3) is 11.1 Å². The van der Waals surface area contributed by atoms with E-state index < -0.39 is 23.8 Å². The number of nitrogens with one attached hydrogen (secondary N) is 1. The fraction of sp³-hybridized carbons (Fsp3) is 0.400. The Kier molecular flexibility index (Phi) is 7.83. The molecule has 5 rings (SSSR count). The van der Waals surface area contributed by atoms with E-state index in [0.717, 1.165) is 42.1 Å². The molecule has 1 aromatic heterocycles. The molecule has 1 fully saturated rings. The van der Waals surface area contributed by atoms with Crippen molar-refractivity contribution in [3.8, 4) is 16.9 Å². The Bertz CT molecular complexity index is 1420. The fourth-order valence-corrected chi connectivity index (χ4v) is 5.36.